The fourth-order valence-electron chi connectivity index (χ4n) is 4.83. The van der Waals surface area contributed by atoms with Gasteiger partial charge in [0.25, 0.3) is 0 Å². The van der Waals surface area contributed by atoms with Crippen molar-refractivity contribution in [3.63, 3.8) is 0 Å². The molecule has 0 unspecified atom stereocenters. The summed E-state index contributed by atoms with van der Waals surface area (Å²) >= 11 is 0. The Balaban J connectivity index is 1.33. The van der Waals surface area contributed by atoms with Gasteiger partial charge in [0.15, 0.2) is 0 Å². The summed E-state index contributed by atoms with van der Waals surface area (Å²) in [4.78, 5) is 20.2. The molecule has 4 aromatic rings. The van der Waals surface area contributed by atoms with Crippen LogP contribution in [0, 0.1) is 11.7 Å². The van der Waals surface area contributed by atoms with Crippen molar-refractivity contribution < 1.29 is 9.18 Å². The first-order valence-corrected chi connectivity index (χ1v) is 11.9. The first kappa shape index (κ1) is 22.3. The van der Waals surface area contributed by atoms with E-state index in [0.29, 0.717) is 13.1 Å². The number of amides is 1. The van der Waals surface area contributed by atoms with Gasteiger partial charge in [0.05, 0.1) is 29.5 Å². The number of nitrogens with zero attached hydrogens (tertiary/aromatic N) is 3. The number of piperidine rings is 1. The van der Waals surface area contributed by atoms with Crippen LogP contribution in [0.25, 0.3) is 16.7 Å². The summed E-state index contributed by atoms with van der Waals surface area (Å²) in [5.74, 6) is 0.688. The number of nitrogens with one attached hydrogen (secondary N) is 1. The number of rotatable bonds is 6. The topological polar surface area (TPSA) is 50.2 Å². The quantitative estimate of drug-likeness (QED) is 0.431. The zero-order valence-corrected chi connectivity index (χ0v) is 19.3. The standard InChI is InChI=1S/C28H29FN4O/c1-20(21-8-3-2-4-9-21)30-28(34)22-10-7-17-32(18-22)19-27-31-25-11-5-6-12-26(25)33(27)24-15-13-23(29)14-16-24/h2-6,8-9,11-16,20,22H,7,10,17-19H2,1H3,(H,30,34)/t20-,22-/m0/s1. The van der Waals surface area contributed by atoms with Crippen LogP contribution in [0.2, 0.25) is 0 Å². The van der Waals surface area contributed by atoms with E-state index in [1.54, 1.807) is 12.1 Å². The van der Waals surface area contributed by atoms with Crippen LogP contribution in [-0.4, -0.2) is 33.4 Å². The summed E-state index contributed by atoms with van der Waals surface area (Å²) < 4.78 is 15.7. The van der Waals surface area contributed by atoms with Gasteiger partial charge in [0, 0.05) is 12.2 Å². The maximum absolute atomic E-state index is 13.6. The number of halogens is 1. The van der Waals surface area contributed by atoms with Crippen molar-refractivity contribution in [1.82, 2.24) is 19.8 Å². The van der Waals surface area contributed by atoms with Crippen LogP contribution >= 0.6 is 0 Å². The molecule has 34 heavy (non-hydrogen) atoms. The Hall–Kier alpha value is -3.51. The minimum atomic E-state index is -0.260. The van der Waals surface area contributed by atoms with Crippen molar-refractivity contribution in [2.75, 3.05) is 13.1 Å². The highest BCUT2D eigenvalue weighted by Gasteiger charge is 2.28. The Morgan fingerprint density at radius 3 is 2.59 bits per heavy atom. The summed E-state index contributed by atoms with van der Waals surface area (Å²) in [5.41, 5.74) is 3.89. The molecule has 0 bridgehead atoms. The molecule has 5 nitrogen and oxygen atoms in total. The van der Waals surface area contributed by atoms with E-state index in [0.717, 1.165) is 47.5 Å². The van der Waals surface area contributed by atoms with Gasteiger partial charge in [0.2, 0.25) is 5.91 Å². The maximum Gasteiger partial charge on any atom is 0.224 e. The zero-order valence-electron chi connectivity index (χ0n) is 19.3. The molecule has 1 N–H and O–H groups in total. The number of hydrogen-bond donors (Lipinski definition) is 1. The van der Waals surface area contributed by atoms with E-state index in [1.807, 2.05) is 61.5 Å². The Kier molecular flexibility index (Phi) is 6.41. The lowest BCUT2D eigenvalue weighted by atomic mass is 9.96. The van der Waals surface area contributed by atoms with Gasteiger partial charge in [-0.05, 0) is 68.3 Å². The van der Waals surface area contributed by atoms with Crippen molar-refractivity contribution in [2.45, 2.75) is 32.4 Å². The number of imidazole rings is 1. The molecule has 0 spiro atoms. The van der Waals surface area contributed by atoms with Crippen LogP contribution < -0.4 is 5.32 Å². The van der Waals surface area contributed by atoms with Crippen LogP contribution in [0.15, 0.2) is 78.9 Å². The largest absolute Gasteiger partial charge is 0.349 e. The van der Waals surface area contributed by atoms with E-state index in [4.69, 9.17) is 4.98 Å². The van der Waals surface area contributed by atoms with Crippen LogP contribution in [-0.2, 0) is 11.3 Å². The predicted molar refractivity (Wildman–Crippen MR) is 132 cm³/mol. The molecular weight excluding hydrogens is 427 g/mol. The number of aromatic nitrogens is 2. The number of fused-ring (bicyclic) bond motifs is 1. The number of likely N-dealkylation sites (tertiary alicyclic amines) is 1. The summed E-state index contributed by atoms with van der Waals surface area (Å²) in [5, 5.41) is 3.19. The van der Waals surface area contributed by atoms with Gasteiger partial charge in [0.1, 0.15) is 11.6 Å². The zero-order chi connectivity index (χ0) is 23.5. The molecule has 174 valence electrons. The van der Waals surface area contributed by atoms with Gasteiger partial charge < -0.3 is 5.32 Å². The fourth-order valence-corrected chi connectivity index (χ4v) is 4.83. The van der Waals surface area contributed by atoms with Gasteiger partial charge in [-0.3, -0.25) is 14.3 Å². The smallest absolute Gasteiger partial charge is 0.224 e. The third-order valence-electron chi connectivity index (χ3n) is 6.61. The molecule has 1 aliphatic rings. The predicted octanol–water partition coefficient (Wildman–Crippen LogP) is 5.25. The van der Waals surface area contributed by atoms with Crippen molar-refractivity contribution in [3.8, 4) is 5.69 Å². The monoisotopic (exact) mass is 456 g/mol. The normalized spacial score (nSPS) is 17.5. The highest BCUT2D eigenvalue weighted by molar-refractivity contribution is 5.79. The summed E-state index contributed by atoms with van der Waals surface area (Å²) in [7, 11) is 0. The average molecular weight is 457 g/mol. The van der Waals surface area contributed by atoms with Crippen LogP contribution in [0.3, 0.4) is 0 Å². The minimum absolute atomic E-state index is 0.0215. The van der Waals surface area contributed by atoms with Gasteiger partial charge >= 0.3 is 0 Å². The van der Waals surface area contributed by atoms with Gasteiger partial charge in [-0.25, -0.2) is 9.37 Å². The SMILES string of the molecule is C[C@H](NC(=O)[C@H]1CCCN(Cc2nc3ccccc3n2-c2ccc(F)cc2)C1)c1ccccc1. The van der Waals surface area contributed by atoms with Crippen molar-refractivity contribution >= 4 is 16.9 Å². The molecule has 2 atom stereocenters. The Bertz CT molecular complexity index is 1270. The molecule has 1 saturated heterocycles. The Morgan fingerprint density at radius 2 is 1.79 bits per heavy atom. The van der Waals surface area contributed by atoms with Gasteiger partial charge in [-0.15, -0.1) is 0 Å². The molecule has 0 saturated carbocycles. The van der Waals surface area contributed by atoms with Crippen LogP contribution in [0.1, 0.15) is 37.2 Å². The second kappa shape index (κ2) is 9.77. The molecule has 1 fully saturated rings. The molecule has 1 aromatic heterocycles. The Labute approximate surface area is 199 Å². The highest BCUT2D eigenvalue weighted by atomic mass is 19.1. The average Bonchev–Trinajstić information content (AvgIpc) is 3.23. The van der Waals surface area contributed by atoms with E-state index >= 15 is 0 Å². The molecule has 0 radical (unpaired) electrons. The van der Waals surface area contributed by atoms with Crippen LogP contribution in [0.5, 0.6) is 0 Å². The first-order valence-electron chi connectivity index (χ1n) is 11.9. The lowest BCUT2D eigenvalue weighted by Crippen LogP contribution is -2.43. The van der Waals surface area contributed by atoms with Crippen molar-refractivity contribution in [3.05, 3.63) is 96.1 Å². The molecule has 0 aliphatic carbocycles. The van der Waals surface area contributed by atoms with E-state index in [-0.39, 0.29) is 23.7 Å². The molecule has 6 heteroatoms. The summed E-state index contributed by atoms with van der Waals surface area (Å²) in [6, 6.07) is 24.5. The Morgan fingerprint density at radius 1 is 1.06 bits per heavy atom. The van der Waals surface area contributed by atoms with E-state index in [9.17, 15) is 9.18 Å². The van der Waals surface area contributed by atoms with Crippen molar-refractivity contribution in [2.24, 2.45) is 5.92 Å². The lowest BCUT2D eigenvalue weighted by molar-refractivity contribution is -0.127. The lowest BCUT2D eigenvalue weighted by Gasteiger charge is -2.32. The fraction of sp³-hybridized carbons (Fsp3) is 0.286. The molecule has 2 heterocycles. The molecule has 1 aliphatic heterocycles. The second-order valence-corrected chi connectivity index (χ2v) is 9.04. The van der Waals surface area contributed by atoms with E-state index < -0.39 is 0 Å². The summed E-state index contributed by atoms with van der Waals surface area (Å²) in [6.45, 7) is 4.27. The van der Waals surface area contributed by atoms with Gasteiger partial charge in [-0.2, -0.15) is 0 Å². The molecule has 1 amide bonds. The second-order valence-electron chi connectivity index (χ2n) is 9.04. The third-order valence-corrected chi connectivity index (χ3v) is 6.61. The highest BCUT2D eigenvalue weighted by Crippen LogP contribution is 2.25. The van der Waals surface area contributed by atoms with Crippen LogP contribution in [0.4, 0.5) is 4.39 Å². The molecular formula is C28H29FN4O. The van der Waals surface area contributed by atoms with E-state index in [1.165, 1.54) is 12.1 Å². The third kappa shape index (κ3) is 4.73. The minimum Gasteiger partial charge on any atom is -0.349 e. The molecule has 5 rings (SSSR count). The van der Waals surface area contributed by atoms with E-state index in [2.05, 4.69) is 14.8 Å². The number of carbonyl (C=O) groups is 1. The van der Waals surface area contributed by atoms with Crippen molar-refractivity contribution in [1.29, 1.82) is 0 Å². The first-order chi connectivity index (χ1) is 16.6. The number of carbonyl (C=O) groups excluding carboxylic acids is 1. The number of hydrogen-bond acceptors (Lipinski definition) is 3. The maximum atomic E-state index is 13.6. The summed E-state index contributed by atoms with van der Waals surface area (Å²) in [6.07, 6.45) is 1.85. The molecule has 3 aromatic carbocycles. The number of benzene rings is 3. The van der Waals surface area contributed by atoms with Gasteiger partial charge in [-0.1, -0.05) is 42.5 Å². The number of para-hydroxylation sites is 2.